The third-order valence-electron chi connectivity index (χ3n) is 3.33. The number of rotatable bonds is 3. The van der Waals surface area contributed by atoms with Gasteiger partial charge >= 0.3 is 0 Å². The lowest BCUT2D eigenvalue weighted by molar-refractivity contribution is -0.906. The van der Waals surface area contributed by atoms with Crippen LogP contribution < -0.4 is 0 Å². The molecule has 0 aliphatic carbocycles. The first kappa shape index (κ1) is 11.0. The van der Waals surface area contributed by atoms with Crippen molar-refractivity contribution in [2.45, 2.75) is 45.7 Å². The van der Waals surface area contributed by atoms with Crippen molar-refractivity contribution in [3.8, 4) is 0 Å². The number of hydrogen-bond donors (Lipinski definition) is 0. The van der Waals surface area contributed by atoms with E-state index >= 15 is 0 Å². The zero-order valence-electron chi connectivity index (χ0n) is 9.88. The van der Waals surface area contributed by atoms with Crippen molar-refractivity contribution in [1.29, 1.82) is 0 Å². The van der Waals surface area contributed by atoms with Gasteiger partial charge in [0, 0.05) is 12.5 Å². The second-order valence-electron chi connectivity index (χ2n) is 5.23. The maximum atomic E-state index is 2.60. The molecule has 1 unspecified atom stereocenters. The van der Waals surface area contributed by atoms with Crippen LogP contribution in [0.3, 0.4) is 0 Å². The van der Waals surface area contributed by atoms with Crippen LogP contribution in [0.15, 0.2) is 0 Å². The Kier molecular flexibility index (Phi) is 3.36. The Morgan fingerprint density at radius 3 is 2.38 bits per heavy atom. The van der Waals surface area contributed by atoms with E-state index in [1.807, 2.05) is 0 Å². The third kappa shape index (κ3) is 2.44. The summed E-state index contributed by atoms with van der Waals surface area (Å²) in [6.45, 7) is 9.40. The molecule has 0 aromatic rings. The van der Waals surface area contributed by atoms with E-state index in [0.29, 0.717) is 6.04 Å². The molecule has 1 rings (SSSR count). The molecule has 0 spiro atoms. The molecular formula is C11H25N2+. The first-order valence-corrected chi connectivity index (χ1v) is 5.54. The van der Waals surface area contributed by atoms with Crippen LogP contribution in [-0.4, -0.2) is 48.8 Å². The van der Waals surface area contributed by atoms with E-state index in [1.54, 1.807) is 0 Å². The van der Waals surface area contributed by atoms with Crippen molar-refractivity contribution in [3.05, 3.63) is 0 Å². The Hall–Kier alpha value is -0.0800. The van der Waals surface area contributed by atoms with Gasteiger partial charge < -0.3 is 4.48 Å². The summed E-state index contributed by atoms with van der Waals surface area (Å²) in [5, 5.41) is 0. The molecule has 0 bridgehead atoms. The van der Waals surface area contributed by atoms with Gasteiger partial charge in [0.15, 0.2) is 0 Å². The molecule has 0 saturated carbocycles. The second-order valence-corrected chi connectivity index (χ2v) is 5.23. The molecule has 1 fully saturated rings. The van der Waals surface area contributed by atoms with Gasteiger partial charge in [-0.2, -0.15) is 0 Å². The minimum atomic E-state index is 0.708. The quantitative estimate of drug-likeness (QED) is 0.607. The minimum absolute atomic E-state index is 0.708. The Labute approximate surface area is 83.1 Å². The van der Waals surface area contributed by atoms with E-state index < -0.39 is 0 Å². The van der Waals surface area contributed by atoms with Crippen molar-refractivity contribution in [2.24, 2.45) is 0 Å². The molecule has 1 atom stereocenters. The summed E-state index contributed by atoms with van der Waals surface area (Å²) < 4.78 is 1.19. The van der Waals surface area contributed by atoms with Gasteiger partial charge in [-0.1, -0.05) is 13.3 Å². The molecule has 1 aliphatic rings. The maximum absolute atomic E-state index is 2.60. The summed E-state index contributed by atoms with van der Waals surface area (Å²) in [4.78, 5) is 2.60. The molecule has 0 aromatic heterocycles. The molecule has 0 aromatic carbocycles. The van der Waals surface area contributed by atoms with Gasteiger partial charge in [0.2, 0.25) is 0 Å². The van der Waals surface area contributed by atoms with E-state index in [-0.39, 0.29) is 0 Å². The van der Waals surface area contributed by atoms with Gasteiger partial charge in [-0.15, -0.1) is 0 Å². The van der Waals surface area contributed by atoms with Crippen LogP contribution in [0.4, 0.5) is 0 Å². The van der Waals surface area contributed by atoms with Crippen LogP contribution in [0.25, 0.3) is 0 Å². The Morgan fingerprint density at radius 2 is 2.00 bits per heavy atom. The molecule has 13 heavy (non-hydrogen) atoms. The molecule has 0 radical (unpaired) electrons. The topological polar surface area (TPSA) is 3.24 Å². The standard InChI is InChI=1S/C11H25N2/c1-6-7-11-8-12(10(2)3)9-13(11,4)5/h10-11H,6-9H2,1-5H3/q+1. The molecule has 78 valence electrons. The van der Waals surface area contributed by atoms with Gasteiger partial charge in [0.25, 0.3) is 0 Å². The monoisotopic (exact) mass is 185 g/mol. The Balaban J connectivity index is 2.57. The average Bonchev–Trinajstić information content (AvgIpc) is 2.28. The molecular weight excluding hydrogens is 160 g/mol. The van der Waals surface area contributed by atoms with Crippen LogP contribution in [0.2, 0.25) is 0 Å². The Bertz CT molecular complexity index is 163. The highest BCUT2D eigenvalue weighted by Crippen LogP contribution is 2.23. The summed E-state index contributed by atoms with van der Waals surface area (Å²) in [5.41, 5.74) is 0. The van der Waals surface area contributed by atoms with E-state index in [9.17, 15) is 0 Å². The van der Waals surface area contributed by atoms with Gasteiger partial charge in [-0.3, -0.25) is 0 Å². The lowest BCUT2D eigenvalue weighted by atomic mass is 10.1. The highest BCUT2D eigenvalue weighted by atomic mass is 15.5. The smallest absolute Gasteiger partial charge is 0.135 e. The lowest BCUT2D eigenvalue weighted by Crippen LogP contribution is -2.45. The number of likely N-dealkylation sites (N-methyl/N-ethyl adjacent to an activating group) is 1. The number of nitrogens with zero attached hydrogens (tertiary/aromatic N) is 2. The summed E-state index contributed by atoms with van der Waals surface area (Å²) in [7, 11) is 4.73. The van der Waals surface area contributed by atoms with Gasteiger partial charge in [-0.25, -0.2) is 4.90 Å². The fraction of sp³-hybridized carbons (Fsp3) is 1.00. The van der Waals surface area contributed by atoms with Crippen LogP contribution in [0, 0.1) is 0 Å². The van der Waals surface area contributed by atoms with Gasteiger partial charge in [0.1, 0.15) is 12.7 Å². The molecule has 0 amide bonds. The molecule has 1 aliphatic heterocycles. The van der Waals surface area contributed by atoms with Crippen molar-refractivity contribution >= 4 is 0 Å². The molecule has 1 heterocycles. The van der Waals surface area contributed by atoms with Crippen LogP contribution in [0.1, 0.15) is 33.6 Å². The van der Waals surface area contributed by atoms with Crippen molar-refractivity contribution < 1.29 is 4.48 Å². The van der Waals surface area contributed by atoms with Crippen molar-refractivity contribution in [3.63, 3.8) is 0 Å². The summed E-state index contributed by atoms with van der Waals surface area (Å²) in [6, 6.07) is 1.56. The van der Waals surface area contributed by atoms with E-state index in [4.69, 9.17) is 0 Å². The first-order chi connectivity index (χ1) is 5.97. The summed E-state index contributed by atoms with van der Waals surface area (Å²) in [6.07, 6.45) is 2.69. The highest BCUT2D eigenvalue weighted by molar-refractivity contribution is 4.73. The molecule has 2 heteroatoms. The average molecular weight is 185 g/mol. The maximum Gasteiger partial charge on any atom is 0.135 e. The molecule has 1 saturated heterocycles. The van der Waals surface area contributed by atoms with Crippen LogP contribution in [0.5, 0.6) is 0 Å². The van der Waals surface area contributed by atoms with Crippen LogP contribution in [-0.2, 0) is 0 Å². The zero-order chi connectivity index (χ0) is 10.1. The van der Waals surface area contributed by atoms with Crippen molar-refractivity contribution in [1.82, 2.24) is 4.90 Å². The fourth-order valence-electron chi connectivity index (χ4n) is 2.28. The predicted octanol–water partition coefficient (Wildman–Crippen LogP) is 1.91. The highest BCUT2D eigenvalue weighted by Gasteiger charge is 2.39. The zero-order valence-corrected chi connectivity index (χ0v) is 9.88. The van der Waals surface area contributed by atoms with Crippen molar-refractivity contribution in [2.75, 3.05) is 27.3 Å². The van der Waals surface area contributed by atoms with Gasteiger partial charge in [0.05, 0.1) is 20.6 Å². The van der Waals surface area contributed by atoms with E-state index in [1.165, 1.54) is 30.5 Å². The minimum Gasteiger partial charge on any atom is -0.312 e. The molecule has 2 nitrogen and oxygen atoms in total. The first-order valence-electron chi connectivity index (χ1n) is 5.54. The summed E-state index contributed by atoms with van der Waals surface area (Å²) in [5.74, 6) is 0. The number of hydrogen-bond acceptors (Lipinski definition) is 1. The normalized spacial score (nSPS) is 28.6. The predicted molar refractivity (Wildman–Crippen MR) is 57.5 cm³/mol. The van der Waals surface area contributed by atoms with E-state index in [0.717, 1.165) is 6.04 Å². The fourth-order valence-corrected chi connectivity index (χ4v) is 2.28. The van der Waals surface area contributed by atoms with E-state index in [2.05, 4.69) is 39.8 Å². The van der Waals surface area contributed by atoms with Gasteiger partial charge in [-0.05, 0) is 13.8 Å². The summed E-state index contributed by atoms with van der Waals surface area (Å²) >= 11 is 0. The SMILES string of the molecule is CCCC1CN(C(C)C)C[N+]1(C)C. The lowest BCUT2D eigenvalue weighted by Gasteiger charge is -2.30. The number of quaternary nitrogens is 1. The van der Waals surface area contributed by atoms with Crippen LogP contribution >= 0.6 is 0 Å². The third-order valence-corrected chi connectivity index (χ3v) is 3.33. The Morgan fingerprint density at radius 1 is 1.38 bits per heavy atom. The molecule has 0 N–H and O–H groups in total. The second kappa shape index (κ2) is 3.97. The largest absolute Gasteiger partial charge is 0.312 e.